The van der Waals surface area contributed by atoms with Crippen molar-refractivity contribution in [3.05, 3.63) is 64.0 Å². The number of rotatable bonds is 3. The van der Waals surface area contributed by atoms with Crippen LogP contribution in [0.2, 0.25) is 0 Å². The van der Waals surface area contributed by atoms with Crippen LogP contribution in [-0.4, -0.2) is 42.1 Å². The largest absolute Gasteiger partial charge is 0.386 e. The molecule has 0 amide bonds. The summed E-state index contributed by atoms with van der Waals surface area (Å²) < 4.78 is 30.5. The van der Waals surface area contributed by atoms with Gasteiger partial charge in [-0.2, -0.15) is 0 Å². The van der Waals surface area contributed by atoms with Gasteiger partial charge in [-0.3, -0.25) is 14.8 Å². The predicted octanol–water partition coefficient (Wildman–Crippen LogP) is 2.41. The van der Waals surface area contributed by atoms with E-state index in [-0.39, 0.29) is 30.4 Å². The van der Waals surface area contributed by atoms with Crippen LogP contribution in [0.25, 0.3) is 0 Å². The lowest BCUT2D eigenvalue weighted by Crippen LogP contribution is -2.57. The molecule has 2 aromatic rings. The van der Waals surface area contributed by atoms with Gasteiger partial charge in [0.2, 0.25) is 0 Å². The highest BCUT2D eigenvalue weighted by Crippen LogP contribution is 2.41. The Balaban J connectivity index is 1.74. The minimum atomic E-state index is -3.56. The van der Waals surface area contributed by atoms with E-state index in [4.69, 9.17) is 10.5 Å². The lowest BCUT2D eigenvalue weighted by Gasteiger charge is -2.42. The third-order valence-corrected chi connectivity index (χ3v) is 8.90. The average Bonchev–Trinajstić information content (AvgIpc) is 2.67. The summed E-state index contributed by atoms with van der Waals surface area (Å²) in [6.45, 7) is 7.45. The average molecular weight is 442 g/mol. The molecule has 1 spiro atoms. The van der Waals surface area contributed by atoms with Gasteiger partial charge in [0.15, 0.2) is 15.6 Å². The monoisotopic (exact) mass is 441 g/mol. The minimum absolute atomic E-state index is 0.0798. The van der Waals surface area contributed by atoms with E-state index >= 15 is 0 Å². The molecule has 2 N–H and O–H groups in total. The molecule has 2 aliphatic heterocycles. The molecule has 0 saturated carbocycles. The van der Waals surface area contributed by atoms with Crippen molar-refractivity contribution in [1.29, 1.82) is 0 Å². The fourth-order valence-corrected chi connectivity index (χ4v) is 5.90. The van der Waals surface area contributed by atoms with Gasteiger partial charge in [0.25, 0.3) is 0 Å². The molecular weight excluding hydrogens is 414 g/mol. The molecule has 0 bridgehead atoms. The topological polar surface area (TPSA) is 112 Å². The van der Waals surface area contributed by atoms with Crippen LogP contribution in [0.1, 0.15) is 52.2 Å². The van der Waals surface area contributed by atoms with Gasteiger partial charge in [0, 0.05) is 12.6 Å². The van der Waals surface area contributed by atoms with Crippen molar-refractivity contribution >= 4 is 21.5 Å². The van der Waals surface area contributed by atoms with Crippen LogP contribution in [0.4, 0.5) is 0 Å². The van der Waals surface area contributed by atoms with Crippen LogP contribution in [0, 0.1) is 13.8 Å². The summed E-state index contributed by atoms with van der Waals surface area (Å²) in [5.41, 5.74) is 9.73. The fourth-order valence-electron chi connectivity index (χ4n) is 4.24. The molecule has 8 heteroatoms. The lowest BCUT2D eigenvalue weighted by molar-refractivity contribution is 0.0609. The Morgan fingerprint density at radius 2 is 1.97 bits per heavy atom. The number of pyridine rings is 1. The van der Waals surface area contributed by atoms with Crippen molar-refractivity contribution in [3.63, 3.8) is 0 Å². The van der Waals surface area contributed by atoms with E-state index < -0.39 is 20.1 Å². The predicted molar refractivity (Wildman–Crippen MR) is 119 cm³/mol. The number of ether oxygens (including phenoxy) is 1. The maximum absolute atomic E-state index is 13.0. The highest BCUT2D eigenvalue weighted by atomic mass is 32.2. The van der Waals surface area contributed by atoms with Gasteiger partial charge < -0.3 is 10.5 Å². The first-order chi connectivity index (χ1) is 14.4. The van der Waals surface area contributed by atoms with Crippen molar-refractivity contribution in [2.45, 2.75) is 51.0 Å². The number of nitrogens with zero attached hydrogens (tertiary/aromatic N) is 2. The van der Waals surface area contributed by atoms with Gasteiger partial charge in [-0.05, 0) is 55.5 Å². The minimum Gasteiger partial charge on any atom is -0.386 e. The molecule has 164 valence electrons. The third-order valence-electron chi connectivity index (χ3n) is 6.28. The quantitative estimate of drug-likeness (QED) is 0.732. The molecule has 0 unspecified atom stereocenters. The van der Waals surface area contributed by atoms with Crippen LogP contribution in [-0.2, 0) is 33.1 Å². The Morgan fingerprint density at radius 3 is 2.65 bits per heavy atom. The zero-order chi connectivity index (χ0) is 22.6. The van der Waals surface area contributed by atoms with Crippen LogP contribution < -0.4 is 5.73 Å². The lowest BCUT2D eigenvalue weighted by atomic mass is 9.85. The zero-order valence-electron chi connectivity index (χ0n) is 18.2. The number of benzene rings is 1. The third kappa shape index (κ3) is 3.57. The molecular formula is C23H27N3O4S. The second-order valence-electron chi connectivity index (χ2n) is 9.06. The fraction of sp³-hybridized carbons (Fsp3) is 0.435. The Hall–Kier alpha value is -2.58. The number of sulfone groups is 1. The first-order valence-corrected chi connectivity index (χ1v) is 11.8. The summed E-state index contributed by atoms with van der Waals surface area (Å²) in [6, 6.07) is 7.57. The van der Waals surface area contributed by atoms with E-state index in [1.165, 1.54) is 0 Å². The molecule has 1 aromatic carbocycles. The Bertz CT molecular complexity index is 1220. The SMILES string of the molecule is Cc1cnc(C(=O)Cc2ccc3c(c2)[C@]2(COC3)CS(=O)(=O)C(C)(C)C(N)=N2)c(C)c1. The van der Waals surface area contributed by atoms with Gasteiger partial charge >= 0.3 is 0 Å². The number of carbonyl (C=O) groups is 1. The second-order valence-corrected chi connectivity index (χ2v) is 11.6. The number of amidine groups is 1. The maximum atomic E-state index is 13.0. The summed E-state index contributed by atoms with van der Waals surface area (Å²) in [6.07, 6.45) is 1.85. The molecule has 1 atom stereocenters. The molecule has 2 aliphatic rings. The van der Waals surface area contributed by atoms with E-state index in [0.717, 1.165) is 27.8 Å². The standard InChI is InChI=1S/C23H27N3O4S/c1-14-7-15(2)20(25-10-14)19(27)9-16-5-6-17-11-30-12-23(18(17)8-16)13-31(28,29)22(3,4)21(24)26-23/h5-8,10H,9,11-13H2,1-4H3,(H2,24,26)/t23-/m0/s1. The molecule has 7 nitrogen and oxygen atoms in total. The smallest absolute Gasteiger partial charge is 0.185 e. The van der Waals surface area contributed by atoms with Crippen LogP contribution in [0.15, 0.2) is 35.5 Å². The molecule has 0 radical (unpaired) electrons. The molecule has 0 fully saturated rings. The zero-order valence-corrected chi connectivity index (χ0v) is 19.0. The Morgan fingerprint density at radius 1 is 1.23 bits per heavy atom. The molecule has 4 rings (SSSR count). The van der Waals surface area contributed by atoms with Gasteiger partial charge in [0.1, 0.15) is 21.8 Å². The summed E-state index contributed by atoms with van der Waals surface area (Å²) in [7, 11) is -3.56. The van der Waals surface area contributed by atoms with Crippen molar-refractivity contribution in [3.8, 4) is 0 Å². The van der Waals surface area contributed by atoms with E-state index in [1.54, 1.807) is 20.0 Å². The van der Waals surface area contributed by atoms with Gasteiger partial charge in [-0.25, -0.2) is 8.42 Å². The molecule has 3 heterocycles. The van der Waals surface area contributed by atoms with Crippen molar-refractivity contribution in [2.24, 2.45) is 10.7 Å². The van der Waals surface area contributed by atoms with E-state index in [1.807, 2.05) is 38.1 Å². The summed E-state index contributed by atoms with van der Waals surface area (Å²) in [4.78, 5) is 21.9. The van der Waals surface area contributed by atoms with E-state index in [9.17, 15) is 13.2 Å². The first-order valence-electron chi connectivity index (χ1n) is 10.2. The van der Waals surface area contributed by atoms with Crippen LogP contribution >= 0.6 is 0 Å². The Kier molecular flexibility index (Phi) is 5.05. The number of hydrogen-bond donors (Lipinski definition) is 1. The highest BCUT2D eigenvalue weighted by molar-refractivity contribution is 7.93. The molecule has 1 aromatic heterocycles. The van der Waals surface area contributed by atoms with Gasteiger partial charge in [-0.1, -0.05) is 24.3 Å². The Labute approximate surface area is 182 Å². The number of nitrogens with two attached hydrogens (primary N) is 1. The number of carbonyl (C=O) groups excluding carboxylic acids is 1. The number of hydrogen-bond acceptors (Lipinski definition) is 7. The van der Waals surface area contributed by atoms with Gasteiger partial charge in [-0.15, -0.1) is 0 Å². The summed E-state index contributed by atoms with van der Waals surface area (Å²) in [5, 5.41) is 0. The number of aryl methyl sites for hydroxylation is 2. The molecule has 31 heavy (non-hydrogen) atoms. The number of Topliss-reactive ketones (excluding diaryl/α,β-unsaturated/α-hetero) is 1. The number of fused-ring (bicyclic) bond motifs is 2. The van der Waals surface area contributed by atoms with E-state index in [0.29, 0.717) is 12.3 Å². The van der Waals surface area contributed by atoms with Crippen molar-refractivity contribution in [1.82, 2.24) is 4.98 Å². The highest BCUT2D eigenvalue weighted by Gasteiger charge is 2.52. The first kappa shape index (κ1) is 21.6. The molecule has 0 saturated heterocycles. The van der Waals surface area contributed by atoms with Gasteiger partial charge in [0.05, 0.1) is 19.0 Å². The van der Waals surface area contributed by atoms with Crippen molar-refractivity contribution in [2.75, 3.05) is 12.4 Å². The van der Waals surface area contributed by atoms with E-state index in [2.05, 4.69) is 9.98 Å². The molecule has 0 aliphatic carbocycles. The summed E-state index contributed by atoms with van der Waals surface area (Å²) in [5.74, 6) is -0.188. The summed E-state index contributed by atoms with van der Waals surface area (Å²) >= 11 is 0. The maximum Gasteiger partial charge on any atom is 0.185 e. The van der Waals surface area contributed by atoms with Crippen molar-refractivity contribution < 1.29 is 17.9 Å². The number of aromatic nitrogens is 1. The van der Waals surface area contributed by atoms with Crippen LogP contribution in [0.3, 0.4) is 0 Å². The number of ketones is 1. The van der Waals surface area contributed by atoms with Crippen LogP contribution in [0.5, 0.6) is 0 Å². The second kappa shape index (κ2) is 7.24. The normalized spacial score (nSPS) is 23.8. The number of aliphatic imine (C=N–C) groups is 1.